The Morgan fingerprint density at radius 2 is 1.83 bits per heavy atom. The van der Waals surface area contributed by atoms with Crippen LogP contribution in [0.2, 0.25) is 0 Å². The van der Waals surface area contributed by atoms with Gasteiger partial charge in [-0.05, 0) is 55.0 Å². The number of methoxy groups -OCH3 is 2. The zero-order valence-electron chi connectivity index (χ0n) is 16.0. The minimum Gasteiger partial charge on any atom is -0.497 e. The molecule has 0 fully saturated rings. The van der Waals surface area contributed by atoms with Crippen molar-refractivity contribution in [1.29, 1.82) is 0 Å². The number of nitrogens with zero attached hydrogens (tertiary/aromatic N) is 1. The van der Waals surface area contributed by atoms with Crippen molar-refractivity contribution in [2.75, 3.05) is 18.9 Å². The van der Waals surface area contributed by atoms with Gasteiger partial charge in [-0.1, -0.05) is 0 Å². The summed E-state index contributed by atoms with van der Waals surface area (Å²) in [7, 11) is -1.12. The number of sulfonamides is 1. The largest absolute Gasteiger partial charge is 0.497 e. The molecule has 9 heteroatoms. The van der Waals surface area contributed by atoms with E-state index in [1.165, 1.54) is 37.0 Å². The van der Waals surface area contributed by atoms with Crippen LogP contribution in [0.25, 0.3) is 5.69 Å². The van der Waals surface area contributed by atoms with E-state index in [1.807, 2.05) is 0 Å². The first-order valence-corrected chi connectivity index (χ1v) is 10.0. The highest BCUT2D eigenvalue weighted by Crippen LogP contribution is 2.30. The third-order valence-electron chi connectivity index (χ3n) is 4.34. The summed E-state index contributed by atoms with van der Waals surface area (Å²) in [6.45, 7) is 1.77. The second-order valence-electron chi connectivity index (χ2n) is 6.19. The molecule has 0 spiro atoms. The molecule has 0 radical (unpaired) electrons. The van der Waals surface area contributed by atoms with E-state index in [-0.39, 0.29) is 16.3 Å². The van der Waals surface area contributed by atoms with E-state index < -0.39 is 16.0 Å². The standard InChI is InChI=1S/C20H20N2O6S/c1-13-11-14(6-8-16(13)22-10-4-5-17(22)20(23)24)21-29(25,26)19-12-15(27-2)7-9-18(19)28-3/h4-12,21H,1-3H3,(H,23,24). The predicted octanol–water partition coefficient (Wildman–Crippen LogP) is 3.30. The van der Waals surface area contributed by atoms with Crippen LogP contribution in [0, 0.1) is 6.92 Å². The van der Waals surface area contributed by atoms with Crippen molar-refractivity contribution in [2.24, 2.45) is 0 Å². The second kappa shape index (κ2) is 7.88. The average Bonchev–Trinajstić information content (AvgIpc) is 3.17. The Hall–Kier alpha value is -3.46. The molecule has 0 bridgehead atoms. The Morgan fingerprint density at radius 3 is 2.45 bits per heavy atom. The summed E-state index contributed by atoms with van der Waals surface area (Å²) in [5.41, 5.74) is 1.78. The smallest absolute Gasteiger partial charge is 0.352 e. The van der Waals surface area contributed by atoms with Crippen molar-refractivity contribution in [3.63, 3.8) is 0 Å². The lowest BCUT2D eigenvalue weighted by Crippen LogP contribution is -2.15. The number of ether oxygens (including phenoxy) is 2. The molecule has 8 nitrogen and oxygen atoms in total. The number of rotatable bonds is 7. The summed E-state index contributed by atoms with van der Waals surface area (Å²) in [6, 6.07) is 12.5. The molecule has 3 aromatic rings. The first-order valence-electron chi connectivity index (χ1n) is 8.53. The molecule has 0 aliphatic heterocycles. The molecule has 29 heavy (non-hydrogen) atoms. The maximum absolute atomic E-state index is 12.9. The molecule has 2 aromatic carbocycles. The maximum atomic E-state index is 12.9. The van der Waals surface area contributed by atoms with E-state index in [0.717, 1.165) is 0 Å². The van der Waals surface area contributed by atoms with Crippen LogP contribution in [-0.4, -0.2) is 38.3 Å². The number of benzene rings is 2. The lowest BCUT2D eigenvalue weighted by Gasteiger charge is -2.15. The lowest BCUT2D eigenvalue weighted by molar-refractivity contribution is 0.0688. The highest BCUT2D eigenvalue weighted by atomic mass is 32.2. The Labute approximate surface area is 168 Å². The van der Waals surface area contributed by atoms with Gasteiger partial charge in [0.1, 0.15) is 22.1 Å². The van der Waals surface area contributed by atoms with Crippen molar-refractivity contribution in [3.8, 4) is 17.2 Å². The van der Waals surface area contributed by atoms with Crippen LogP contribution in [0.5, 0.6) is 11.5 Å². The summed E-state index contributed by atoms with van der Waals surface area (Å²) >= 11 is 0. The molecule has 0 saturated heterocycles. The van der Waals surface area contributed by atoms with E-state index >= 15 is 0 Å². The zero-order valence-corrected chi connectivity index (χ0v) is 16.9. The molecule has 1 aromatic heterocycles. The molecule has 0 aliphatic rings. The van der Waals surface area contributed by atoms with Crippen LogP contribution < -0.4 is 14.2 Å². The van der Waals surface area contributed by atoms with E-state index in [4.69, 9.17) is 9.47 Å². The molecule has 0 unspecified atom stereocenters. The van der Waals surface area contributed by atoms with Gasteiger partial charge in [0, 0.05) is 23.6 Å². The van der Waals surface area contributed by atoms with Gasteiger partial charge in [-0.15, -0.1) is 0 Å². The van der Waals surface area contributed by atoms with Gasteiger partial charge in [0.15, 0.2) is 0 Å². The van der Waals surface area contributed by atoms with Crippen LogP contribution in [0.3, 0.4) is 0 Å². The van der Waals surface area contributed by atoms with Gasteiger partial charge in [0.25, 0.3) is 10.0 Å². The van der Waals surface area contributed by atoms with Crippen LogP contribution >= 0.6 is 0 Å². The van der Waals surface area contributed by atoms with Gasteiger partial charge in [-0.2, -0.15) is 0 Å². The fourth-order valence-corrected chi connectivity index (χ4v) is 4.19. The highest BCUT2D eigenvalue weighted by molar-refractivity contribution is 7.92. The molecular weight excluding hydrogens is 396 g/mol. The number of hydrogen-bond donors (Lipinski definition) is 2. The van der Waals surface area contributed by atoms with Gasteiger partial charge in [-0.25, -0.2) is 13.2 Å². The van der Waals surface area contributed by atoms with Gasteiger partial charge >= 0.3 is 5.97 Å². The molecule has 0 atom stereocenters. The summed E-state index contributed by atoms with van der Waals surface area (Å²) in [5.74, 6) is -0.485. The number of carboxylic acid groups (broad SMARTS) is 1. The number of carbonyl (C=O) groups is 1. The van der Waals surface area contributed by atoms with Gasteiger partial charge in [0.05, 0.1) is 14.2 Å². The van der Waals surface area contributed by atoms with Gasteiger partial charge in [0.2, 0.25) is 0 Å². The van der Waals surface area contributed by atoms with E-state index in [0.29, 0.717) is 22.7 Å². The topological polar surface area (TPSA) is 107 Å². The fourth-order valence-electron chi connectivity index (χ4n) is 2.96. The summed E-state index contributed by atoms with van der Waals surface area (Å²) in [6.07, 6.45) is 1.64. The summed E-state index contributed by atoms with van der Waals surface area (Å²) in [5, 5.41) is 9.30. The number of hydrogen-bond acceptors (Lipinski definition) is 5. The Bertz CT molecular complexity index is 1170. The average molecular weight is 416 g/mol. The van der Waals surface area contributed by atoms with Crippen molar-refractivity contribution in [1.82, 2.24) is 4.57 Å². The molecule has 3 rings (SSSR count). The van der Waals surface area contributed by atoms with Crippen molar-refractivity contribution >= 4 is 21.7 Å². The van der Waals surface area contributed by atoms with Crippen molar-refractivity contribution < 1.29 is 27.8 Å². The second-order valence-corrected chi connectivity index (χ2v) is 7.84. The number of carboxylic acids is 1. The first kappa shape index (κ1) is 20.3. The monoisotopic (exact) mass is 416 g/mol. The SMILES string of the molecule is COc1ccc(OC)c(S(=O)(=O)Nc2ccc(-n3cccc3C(=O)O)c(C)c2)c1. The number of anilines is 1. The minimum atomic E-state index is -3.95. The molecule has 1 heterocycles. The van der Waals surface area contributed by atoms with E-state index in [1.54, 1.807) is 43.5 Å². The van der Waals surface area contributed by atoms with E-state index in [2.05, 4.69) is 4.72 Å². The third-order valence-corrected chi connectivity index (χ3v) is 5.74. The fraction of sp³-hybridized carbons (Fsp3) is 0.150. The quantitative estimate of drug-likeness (QED) is 0.612. The summed E-state index contributed by atoms with van der Waals surface area (Å²) < 4.78 is 40.1. The van der Waals surface area contributed by atoms with Crippen molar-refractivity contribution in [2.45, 2.75) is 11.8 Å². The first-order chi connectivity index (χ1) is 13.8. The summed E-state index contributed by atoms with van der Waals surface area (Å²) in [4.78, 5) is 11.3. The molecule has 0 aliphatic carbocycles. The van der Waals surface area contributed by atoms with Crippen molar-refractivity contribution in [3.05, 3.63) is 66.0 Å². The van der Waals surface area contributed by atoms with E-state index in [9.17, 15) is 18.3 Å². The van der Waals surface area contributed by atoms with Crippen LogP contribution in [0.15, 0.2) is 59.6 Å². The maximum Gasteiger partial charge on any atom is 0.352 e. The van der Waals surface area contributed by atoms with Gasteiger partial charge < -0.3 is 19.1 Å². The van der Waals surface area contributed by atoms with Gasteiger partial charge in [-0.3, -0.25) is 4.72 Å². The minimum absolute atomic E-state index is 0.0559. The Kier molecular flexibility index (Phi) is 5.51. The Balaban J connectivity index is 1.96. The molecule has 2 N–H and O–H groups in total. The van der Waals surface area contributed by atoms with Crippen LogP contribution in [0.1, 0.15) is 16.1 Å². The number of aromatic carboxylic acids is 1. The number of aromatic nitrogens is 1. The Morgan fingerprint density at radius 1 is 1.07 bits per heavy atom. The predicted molar refractivity (Wildman–Crippen MR) is 108 cm³/mol. The molecule has 0 saturated carbocycles. The van der Waals surface area contributed by atoms with Crippen LogP contribution in [-0.2, 0) is 10.0 Å². The normalized spacial score (nSPS) is 11.1. The number of aryl methyl sites for hydroxylation is 1. The molecule has 152 valence electrons. The molecule has 0 amide bonds. The zero-order chi connectivity index (χ0) is 21.2. The number of nitrogens with one attached hydrogen (secondary N) is 1. The molecular formula is C20H20N2O6S. The third kappa shape index (κ3) is 4.04. The van der Waals surface area contributed by atoms with Crippen LogP contribution in [0.4, 0.5) is 5.69 Å². The highest BCUT2D eigenvalue weighted by Gasteiger charge is 2.21. The lowest BCUT2D eigenvalue weighted by atomic mass is 10.1.